The summed E-state index contributed by atoms with van der Waals surface area (Å²) >= 11 is 0. The van der Waals surface area contributed by atoms with Gasteiger partial charge in [-0.1, -0.05) is 25.0 Å². The van der Waals surface area contributed by atoms with E-state index in [1.54, 1.807) is 12.1 Å². The molecule has 1 aromatic carbocycles. The molecule has 0 aromatic heterocycles. The highest BCUT2D eigenvalue weighted by atomic mass is 32.2. The van der Waals surface area contributed by atoms with Gasteiger partial charge in [0.2, 0.25) is 0 Å². The number of hydrogen-bond donors (Lipinski definition) is 1. The maximum atomic E-state index is 12.6. The van der Waals surface area contributed by atoms with Gasteiger partial charge in [-0.25, -0.2) is 8.42 Å². The Bertz CT molecular complexity index is 600. The van der Waals surface area contributed by atoms with Gasteiger partial charge >= 0.3 is 0 Å². The van der Waals surface area contributed by atoms with E-state index in [4.69, 9.17) is 4.74 Å². The summed E-state index contributed by atoms with van der Waals surface area (Å²) in [5.41, 5.74) is 1.12. The minimum Gasteiger partial charge on any atom is -0.377 e. The summed E-state index contributed by atoms with van der Waals surface area (Å²) in [7, 11) is -3.15. The first-order valence-corrected chi connectivity index (χ1v) is 10.3. The van der Waals surface area contributed by atoms with E-state index in [-0.39, 0.29) is 11.3 Å². The zero-order valence-electron chi connectivity index (χ0n) is 13.8. The van der Waals surface area contributed by atoms with Crippen LogP contribution in [0.1, 0.15) is 57.1 Å². The molecule has 1 N–H and O–H groups in total. The van der Waals surface area contributed by atoms with Crippen LogP contribution in [0, 0.1) is 0 Å². The molecule has 2 fully saturated rings. The van der Waals surface area contributed by atoms with Crippen molar-refractivity contribution in [3.05, 3.63) is 29.8 Å². The Morgan fingerprint density at radius 1 is 1.13 bits per heavy atom. The average molecular weight is 337 g/mol. The number of benzene rings is 1. The summed E-state index contributed by atoms with van der Waals surface area (Å²) in [4.78, 5) is 0.472. The first kappa shape index (κ1) is 16.9. The van der Waals surface area contributed by atoms with E-state index >= 15 is 0 Å². The molecule has 2 aliphatic rings. The molecule has 1 saturated carbocycles. The van der Waals surface area contributed by atoms with Crippen molar-refractivity contribution in [1.29, 1.82) is 0 Å². The van der Waals surface area contributed by atoms with Crippen molar-refractivity contribution in [1.82, 2.24) is 5.32 Å². The molecule has 0 amide bonds. The van der Waals surface area contributed by atoms with Crippen molar-refractivity contribution in [2.24, 2.45) is 0 Å². The number of rotatable bonds is 6. The Morgan fingerprint density at radius 3 is 2.43 bits per heavy atom. The minimum atomic E-state index is -3.15. The van der Waals surface area contributed by atoms with Gasteiger partial charge in [-0.05, 0) is 50.3 Å². The van der Waals surface area contributed by atoms with Gasteiger partial charge in [-0.15, -0.1) is 0 Å². The van der Waals surface area contributed by atoms with E-state index < -0.39 is 9.84 Å². The first-order chi connectivity index (χ1) is 11.1. The number of hydrogen-bond acceptors (Lipinski definition) is 4. The molecular weight excluding hydrogens is 310 g/mol. The monoisotopic (exact) mass is 337 g/mol. The topological polar surface area (TPSA) is 55.4 Å². The Kier molecular flexibility index (Phi) is 5.39. The highest BCUT2D eigenvalue weighted by Crippen LogP contribution is 2.30. The van der Waals surface area contributed by atoms with Crippen LogP contribution in [0.5, 0.6) is 0 Å². The second kappa shape index (κ2) is 7.32. The number of sulfone groups is 1. The summed E-state index contributed by atoms with van der Waals surface area (Å²) < 4.78 is 30.8. The third-order valence-electron chi connectivity index (χ3n) is 5.13. The van der Waals surface area contributed by atoms with Crippen LogP contribution in [-0.2, 0) is 14.6 Å². The van der Waals surface area contributed by atoms with Crippen molar-refractivity contribution in [2.45, 2.75) is 67.7 Å². The number of ether oxygens (including phenoxy) is 1. The van der Waals surface area contributed by atoms with Crippen molar-refractivity contribution in [3.63, 3.8) is 0 Å². The summed E-state index contributed by atoms with van der Waals surface area (Å²) in [5.74, 6) is 0. The lowest BCUT2D eigenvalue weighted by Gasteiger charge is -2.18. The highest BCUT2D eigenvalue weighted by molar-refractivity contribution is 7.92. The fourth-order valence-electron chi connectivity index (χ4n) is 3.57. The van der Waals surface area contributed by atoms with Gasteiger partial charge in [-0.3, -0.25) is 0 Å². The molecule has 3 rings (SSSR count). The molecule has 128 valence electrons. The van der Waals surface area contributed by atoms with E-state index in [0.717, 1.165) is 57.2 Å². The maximum absolute atomic E-state index is 12.6. The van der Waals surface area contributed by atoms with Crippen LogP contribution < -0.4 is 5.32 Å². The second-order valence-electron chi connectivity index (χ2n) is 6.79. The van der Waals surface area contributed by atoms with E-state index in [2.05, 4.69) is 12.2 Å². The van der Waals surface area contributed by atoms with Crippen molar-refractivity contribution in [3.8, 4) is 0 Å². The van der Waals surface area contributed by atoms with Gasteiger partial charge in [0.1, 0.15) is 0 Å². The summed E-state index contributed by atoms with van der Waals surface area (Å²) in [5, 5.41) is 3.30. The zero-order valence-corrected chi connectivity index (χ0v) is 14.6. The Balaban J connectivity index is 1.61. The summed E-state index contributed by atoms with van der Waals surface area (Å²) in [6.45, 7) is 3.83. The maximum Gasteiger partial charge on any atom is 0.181 e. The third-order valence-corrected chi connectivity index (χ3v) is 7.40. The van der Waals surface area contributed by atoms with Gasteiger partial charge in [0.25, 0.3) is 0 Å². The van der Waals surface area contributed by atoms with Gasteiger partial charge in [0.15, 0.2) is 9.84 Å². The lowest BCUT2D eigenvalue weighted by Crippen LogP contribution is -2.28. The van der Waals surface area contributed by atoms with Crippen LogP contribution in [0.15, 0.2) is 29.2 Å². The van der Waals surface area contributed by atoms with Crippen molar-refractivity contribution < 1.29 is 13.2 Å². The fraction of sp³-hybridized carbons (Fsp3) is 0.667. The molecule has 0 unspecified atom stereocenters. The molecule has 0 bridgehead atoms. The van der Waals surface area contributed by atoms with E-state index in [1.165, 1.54) is 0 Å². The van der Waals surface area contributed by atoms with Crippen LogP contribution >= 0.6 is 0 Å². The molecule has 5 heteroatoms. The lowest BCUT2D eigenvalue weighted by atomic mass is 10.1. The molecule has 1 heterocycles. The molecular formula is C18H27NO3S. The van der Waals surface area contributed by atoms with Gasteiger partial charge < -0.3 is 10.1 Å². The lowest BCUT2D eigenvalue weighted by molar-refractivity contribution is 0.108. The minimum absolute atomic E-state index is 0.177. The van der Waals surface area contributed by atoms with Gasteiger partial charge in [0.05, 0.1) is 16.2 Å². The SMILES string of the molecule is C[C@H](NC[C@@H]1CCCO1)c1ccc(S(=O)(=O)C2CCCC2)cc1. The number of nitrogens with one attached hydrogen (secondary N) is 1. The summed E-state index contributed by atoms with van der Waals surface area (Å²) in [6.07, 6.45) is 6.28. The quantitative estimate of drug-likeness (QED) is 0.866. The third kappa shape index (κ3) is 3.95. The average Bonchev–Trinajstić information content (AvgIpc) is 3.26. The molecule has 1 aliphatic carbocycles. The Labute approximate surface area is 139 Å². The molecule has 1 saturated heterocycles. The van der Waals surface area contributed by atoms with Crippen LogP contribution in [0.2, 0.25) is 0 Å². The first-order valence-electron chi connectivity index (χ1n) is 8.76. The second-order valence-corrected chi connectivity index (χ2v) is 9.01. The standard InChI is InChI=1S/C18H27NO3S/c1-14(19-13-16-5-4-12-22-16)15-8-10-18(11-9-15)23(20,21)17-6-2-3-7-17/h8-11,14,16-17,19H,2-7,12-13H2,1H3/t14-,16-/m0/s1. The van der Waals surface area contributed by atoms with Gasteiger partial charge in [-0.2, -0.15) is 0 Å². The van der Waals surface area contributed by atoms with Crippen molar-refractivity contribution >= 4 is 9.84 Å². The predicted molar refractivity (Wildman–Crippen MR) is 91.3 cm³/mol. The molecule has 1 aliphatic heterocycles. The molecule has 4 nitrogen and oxygen atoms in total. The van der Waals surface area contributed by atoms with E-state index in [9.17, 15) is 8.42 Å². The van der Waals surface area contributed by atoms with E-state index in [0.29, 0.717) is 11.0 Å². The molecule has 0 radical (unpaired) electrons. The fourth-order valence-corrected chi connectivity index (χ4v) is 5.42. The highest BCUT2D eigenvalue weighted by Gasteiger charge is 2.30. The van der Waals surface area contributed by atoms with E-state index in [1.807, 2.05) is 12.1 Å². The van der Waals surface area contributed by atoms with Crippen LogP contribution in [0.25, 0.3) is 0 Å². The van der Waals surface area contributed by atoms with Crippen LogP contribution in [0.3, 0.4) is 0 Å². The molecule has 1 aromatic rings. The van der Waals surface area contributed by atoms with Crippen LogP contribution in [-0.4, -0.2) is 32.9 Å². The Morgan fingerprint density at radius 2 is 1.83 bits per heavy atom. The Hall–Kier alpha value is -0.910. The van der Waals surface area contributed by atoms with Gasteiger partial charge in [0, 0.05) is 19.2 Å². The molecule has 2 atom stereocenters. The normalized spacial score (nSPS) is 24.1. The van der Waals surface area contributed by atoms with Crippen molar-refractivity contribution in [2.75, 3.05) is 13.2 Å². The molecule has 23 heavy (non-hydrogen) atoms. The largest absolute Gasteiger partial charge is 0.377 e. The molecule has 0 spiro atoms. The zero-order chi connectivity index (χ0) is 16.3. The smallest absolute Gasteiger partial charge is 0.181 e. The van der Waals surface area contributed by atoms with Crippen LogP contribution in [0.4, 0.5) is 0 Å². The summed E-state index contributed by atoms with van der Waals surface area (Å²) in [6, 6.07) is 7.62. The predicted octanol–water partition coefficient (Wildman–Crippen LogP) is 3.23.